The summed E-state index contributed by atoms with van der Waals surface area (Å²) < 4.78 is 72.2. The second kappa shape index (κ2) is 12.4. The fraction of sp³-hybridized carbons (Fsp3) is 0.556. The summed E-state index contributed by atoms with van der Waals surface area (Å²) in [5, 5.41) is 0. The minimum Gasteiger partial charge on any atom is -0.491 e. The number of hydrogen-bond acceptors (Lipinski definition) is 3. The van der Waals surface area contributed by atoms with E-state index in [9.17, 15) is 17.6 Å². The average molecular weight is 483 g/mol. The van der Waals surface area contributed by atoms with E-state index in [1.165, 1.54) is 44.2 Å². The van der Waals surface area contributed by atoms with Crippen molar-refractivity contribution in [3.8, 4) is 11.5 Å². The van der Waals surface area contributed by atoms with Gasteiger partial charge in [-0.3, -0.25) is 0 Å². The van der Waals surface area contributed by atoms with Crippen LogP contribution < -0.4 is 9.47 Å². The molecular weight excluding hydrogens is 448 g/mol. The van der Waals surface area contributed by atoms with Crippen LogP contribution in [-0.2, 0) is 10.8 Å². The number of alkyl halides is 2. The Kier molecular flexibility index (Phi) is 9.63. The van der Waals surface area contributed by atoms with Gasteiger partial charge in [-0.05, 0) is 80.7 Å². The van der Waals surface area contributed by atoms with Crippen molar-refractivity contribution < 1.29 is 31.8 Å². The maximum atomic E-state index is 14.6. The Morgan fingerprint density at radius 1 is 0.882 bits per heavy atom. The molecule has 3 nitrogen and oxygen atoms in total. The van der Waals surface area contributed by atoms with Gasteiger partial charge in [-0.1, -0.05) is 31.4 Å². The van der Waals surface area contributed by atoms with Crippen LogP contribution in [0.5, 0.6) is 11.5 Å². The van der Waals surface area contributed by atoms with Gasteiger partial charge in [0.05, 0.1) is 6.61 Å². The van der Waals surface area contributed by atoms with Gasteiger partial charge in [-0.2, -0.15) is 13.2 Å². The molecule has 7 heteroatoms. The number of benzene rings is 2. The van der Waals surface area contributed by atoms with Crippen LogP contribution in [0.2, 0.25) is 0 Å². The van der Waals surface area contributed by atoms with E-state index in [2.05, 4.69) is 0 Å². The van der Waals surface area contributed by atoms with Gasteiger partial charge in [0, 0.05) is 13.7 Å². The van der Waals surface area contributed by atoms with Gasteiger partial charge in [0.15, 0.2) is 11.6 Å². The topological polar surface area (TPSA) is 27.7 Å². The third kappa shape index (κ3) is 6.87. The zero-order valence-electron chi connectivity index (χ0n) is 19.9. The summed E-state index contributed by atoms with van der Waals surface area (Å²) in [5.74, 6) is -2.50. The highest BCUT2D eigenvalue weighted by Gasteiger charge is 2.39. The van der Waals surface area contributed by atoms with Crippen molar-refractivity contribution in [3.63, 3.8) is 0 Å². The molecule has 1 aliphatic rings. The van der Waals surface area contributed by atoms with Crippen LogP contribution in [-0.4, -0.2) is 20.3 Å². The van der Waals surface area contributed by atoms with Crippen LogP contribution in [0.25, 0.3) is 0 Å². The number of methoxy groups -OCH3 is 1. The van der Waals surface area contributed by atoms with Gasteiger partial charge in [0.1, 0.15) is 11.3 Å². The molecular formula is C27H34F4O3. The Balaban J connectivity index is 1.54. The maximum Gasteiger partial charge on any atom is 0.429 e. The van der Waals surface area contributed by atoms with Gasteiger partial charge >= 0.3 is 6.11 Å². The molecule has 2 aromatic carbocycles. The maximum absolute atomic E-state index is 14.6. The summed E-state index contributed by atoms with van der Waals surface area (Å²) in [6, 6.07) is 8.27. The second-order valence-corrected chi connectivity index (χ2v) is 8.92. The quantitative estimate of drug-likeness (QED) is 0.227. The summed E-state index contributed by atoms with van der Waals surface area (Å²) >= 11 is 0. The predicted molar refractivity (Wildman–Crippen MR) is 124 cm³/mol. The van der Waals surface area contributed by atoms with Crippen molar-refractivity contribution in [3.05, 3.63) is 59.2 Å². The van der Waals surface area contributed by atoms with Crippen molar-refractivity contribution in [2.24, 2.45) is 5.92 Å². The Morgan fingerprint density at radius 3 is 2.24 bits per heavy atom. The molecule has 0 amide bonds. The highest BCUT2D eigenvalue weighted by Crippen LogP contribution is 2.40. The molecule has 1 aliphatic carbocycles. The predicted octanol–water partition coefficient (Wildman–Crippen LogP) is 7.97. The van der Waals surface area contributed by atoms with Crippen LogP contribution in [0.1, 0.15) is 75.3 Å². The largest absolute Gasteiger partial charge is 0.491 e. The molecule has 0 spiro atoms. The van der Waals surface area contributed by atoms with Crippen molar-refractivity contribution in [1.82, 2.24) is 0 Å². The van der Waals surface area contributed by atoms with Crippen LogP contribution in [0, 0.1) is 17.6 Å². The zero-order chi connectivity index (χ0) is 24.6. The van der Waals surface area contributed by atoms with Crippen molar-refractivity contribution in [1.29, 1.82) is 0 Å². The minimum atomic E-state index is -4.03. The Morgan fingerprint density at radius 2 is 1.59 bits per heavy atom. The monoisotopic (exact) mass is 482 g/mol. The van der Waals surface area contributed by atoms with Crippen molar-refractivity contribution >= 4 is 0 Å². The first-order valence-electron chi connectivity index (χ1n) is 12.1. The normalized spacial score (nSPS) is 18.6. The van der Waals surface area contributed by atoms with Crippen LogP contribution in [0.15, 0.2) is 36.4 Å². The molecule has 0 atom stereocenters. The van der Waals surface area contributed by atoms with E-state index in [0.717, 1.165) is 49.5 Å². The van der Waals surface area contributed by atoms with Gasteiger partial charge in [0.2, 0.25) is 5.82 Å². The first-order chi connectivity index (χ1) is 16.4. The van der Waals surface area contributed by atoms with Crippen LogP contribution >= 0.6 is 0 Å². The average Bonchev–Trinajstić information content (AvgIpc) is 2.83. The second-order valence-electron chi connectivity index (χ2n) is 8.92. The van der Waals surface area contributed by atoms with E-state index >= 15 is 0 Å². The lowest BCUT2D eigenvalue weighted by atomic mass is 9.77. The molecule has 1 saturated carbocycles. The van der Waals surface area contributed by atoms with E-state index in [4.69, 9.17) is 14.2 Å². The number of rotatable bonds is 12. The third-order valence-corrected chi connectivity index (χ3v) is 6.57. The Hall–Kier alpha value is -2.28. The third-order valence-electron chi connectivity index (χ3n) is 6.57. The van der Waals surface area contributed by atoms with E-state index in [0.29, 0.717) is 5.92 Å². The van der Waals surface area contributed by atoms with E-state index in [1.54, 1.807) is 26.2 Å². The molecule has 34 heavy (non-hydrogen) atoms. The Labute approximate surface area is 199 Å². The number of unbranched alkanes of at least 4 members (excludes halogenated alkanes) is 2. The lowest BCUT2D eigenvalue weighted by molar-refractivity contribution is -0.187. The first kappa shape index (κ1) is 26.3. The summed E-state index contributed by atoms with van der Waals surface area (Å²) in [6.45, 7) is 2.50. The summed E-state index contributed by atoms with van der Waals surface area (Å²) in [6.07, 6.45) is 5.27. The van der Waals surface area contributed by atoms with Crippen molar-refractivity contribution in [2.45, 2.75) is 70.3 Å². The zero-order valence-corrected chi connectivity index (χ0v) is 19.9. The molecule has 3 rings (SSSR count). The van der Waals surface area contributed by atoms with Gasteiger partial charge in [-0.25, -0.2) is 4.39 Å². The number of ether oxygens (including phenoxy) is 3. The fourth-order valence-electron chi connectivity index (χ4n) is 4.68. The molecule has 1 fully saturated rings. The summed E-state index contributed by atoms with van der Waals surface area (Å²) in [5.41, 5.74) is -0.0782. The standard InChI is InChI=1S/C27H34F4O3/c1-3-33-24-17-16-23(25(28)26(24)29)27(30,31)34-22-14-12-21(13-15-22)20-10-8-19(9-11-20)7-5-4-6-18-32-2/h12-17,19-20H,3-11,18H2,1-2H3. The SMILES string of the molecule is CCOc1ccc(C(F)(F)Oc2ccc(C3CCC(CCCCCOC)CC3)cc2)c(F)c1F. The van der Waals surface area contributed by atoms with Crippen LogP contribution in [0.3, 0.4) is 0 Å². The fourth-order valence-corrected chi connectivity index (χ4v) is 4.68. The highest BCUT2D eigenvalue weighted by atomic mass is 19.3. The molecule has 0 bridgehead atoms. The number of hydrogen-bond donors (Lipinski definition) is 0. The van der Waals surface area contributed by atoms with Crippen molar-refractivity contribution in [2.75, 3.05) is 20.3 Å². The minimum absolute atomic E-state index is 0.0888. The summed E-state index contributed by atoms with van der Waals surface area (Å²) in [7, 11) is 1.73. The molecule has 2 aromatic rings. The number of halogens is 4. The molecule has 0 heterocycles. The van der Waals surface area contributed by atoms with Gasteiger partial charge < -0.3 is 14.2 Å². The smallest absolute Gasteiger partial charge is 0.429 e. The van der Waals surface area contributed by atoms with E-state index < -0.39 is 29.1 Å². The van der Waals surface area contributed by atoms with Gasteiger partial charge in [-0.15, -0.1) is 0 Å². The Bertz CT molecular complexity index is 893. The lowest BCUT2D eigenvalue weighted by Gasteiger charge is -2.29. The molecule has 0 radical (unpaired) electrons. The molecule has 0 aromatic heterocycles. The molecule has 0 unspecified atom stereocenters. The van der Waals surface area contributed by atoms with Crippen LogP contribution in [0.4, 0.5) is 17.6 Å². The molecule has 0 N–H and O–H groups in total. The first-order valence-corrected chi connectivity index (χ1v) is 12.1. The lowest BCUT2D eigenvalue weighted by Crippen LogP contribution is -2.24. The summed E-state index contributed by atoms with van der Waals surface area (Å²) in [4.78, 5) is 0. The highest BCUT2D eigenvalue weighted by molar-refractivity contribution is 5.34. The van der Waals surface area contributed by atoms with E-state index in [-0.39, 0.29) is 12.4 Å². The molecule has 0 saturated heterocycles. The molecule has 188 valence electrons. The van der Waals surface area contributed by atoms with Gasteiger partial charge in [0.25, 0.3) is 0 Å². The molecule has 0 aliphatic heterocycles. The van der Waals surface area contributed by atoms with E-state index in [1.807, 2.05) is 0 Å².